The van der Waals surface area contributed by atoms with Gasteiger partial charge in [-0.05, 0) is 42.8 Å². The second-order valence-electron chi connectivity index (χ2n) is 6.49. The molecule has 162 valence electrons. The minimum atomic E-state index is -4.43. The lowest BCUT2D eigenvalue weighted by molar-refractivity contribution is -0.137. The summed E-state index contributed by atoms with van der Waals surface area (Å²) in [5, 5.41) is 3.88. The fraction of sp³-hybridized carbons (Fsp3) is 0.182. The monoisotopic (exact) mass is 435 g/mol. The molecule has 1 aromatic heterocycles. The Morgan fingerprint density at radius 3 is 2.48 bits per heavy atom. The van der Waals surface area contributed by atoms with Gasteiger partial charge >= 0.3 is 12.1 Å². The zero-order valence-electron chi connectivity index (χ0n) is 16.5. The molecule has 0 aliphatic heterocycles. The van der Waals surface area contributed by atoms with E-state index in [0.717, 1.165) is 18.2 Å². The quantitative estimate of drug-likeness (QED) is 0.288. The lowest BCUT2D eigenvalue weighted by atomic mass is 10.1. The van der Waals surface area contributed by atoms with Gasteiger partial charge in [0.2, 0.25) is 0 Å². The number of aromatic nitrogens is 1. The summed E-state index contributed by atoms with van der Waals surface area (Å²) in [5.74, 6) is -0.938. The van der Waals surface area contributed by atoms with Crippen LogP contribution in [0.5, 0.6) is 5.75 Å². The van der Waals surface area contributed by atoms with Gasteiger partial charge < -0.3 is 14.0 Å². The molecule has 0 atom stereocenters. The molecule has 0 bridgehead atoms. The fourth-order valence-electron chi connectivity index (χ4n) is 2.70. The normalized spacial score (nSPS) is 11.7. The Balaban J connectivity index is 1.70. The molecule has 1 heterocycles. The number of hydrogen-bond acceptors (Lipinski definition) is 5. The summed E-state index contributed by atoms with van der Waals surface area (Å²) in [5.41, 5.74) is 1.05. The van der Waals surface area contributed by atoms with Gasteiger partial charge in [0.15, 0.2) is 17.3 Å². The van der Waals surface area contributed by atoms with Gasteiger partial charge in [0.25, 0.3) is 0 Å². The topological polar surface area (TPSA) is 61.6 Å². The highest BCUT2D eigenvalue weighted by Crippen LogP contribution is 2.32. The number of ether oxygens (including phenoxy) is 2. The number of nitrogens with zero attached hydrogens (tertiary/aromatic N) is 1. The average Bonchev–Trinajstić information content (AvgIpc) is 3.11. The Morgan fingerprint density at radius 2 is 1.87 bits per heavy atom. The van der Waals surface area contributed by atoms with Crippen molar-refractivity contribution in [2.24, 2.45) is 0 Å². The van der Waals surface area contributed by atoms with E-state index in [0.29, 0.717) is 28.1 Å². The van der Waals surface area contributed by atoms with Crippen molar-refractivity contribution in [1.82, 2.24) is 5.16 Å². The molecule has 3 aromatic rings. The fourth-order valence-corrected chi connectivity index (χ4v) is 2.70. The van der Waals surface area contributed by atoms with Crippen LogP contribution in [-0.4, -0.2) is 18.2 Å². The number of alkyl halides is 3. The van der Waals surface area contributed by atoms with Crippen molar-refractivity contribution in [3.8, 4) is 17.1 Å². The first kappa shape index (κ1) is 22.1. The molecule has 0 spiro atoms. The van der Waals surface area contributed by atoms with Crippen LogP contribution in [0.1, 0.15) is 22.4 Å². The van der Waals surface area contributed by atoms with Crippen LogP contribution in [0.15, 0.2) is 53.1 Å². The predicted octanol–water partition coefficient (Wildman–Crippen LogP) is 5.57. The molecule has 5 nitrogen and oxygen atoms in total. The van der Waals surface area contributed by atoms with Crippen LogP contribution in [0.3, 0.4) is 0 Å². The number of hydrogen-bond donors (Lipinski definition) is 0. The largest absolute Gasteiger partial charge is 0.484 e. The van der Waals surface area contributed by atoms with E-state index in [9.17, 15) is 22.4 Å². The van der Waals surface area contributed by atoms with E-state index in [4.69, 9.17) is 9.26 Å². The van der Waals surface area contributed by atoms with Gasteiger partial charge in [-0.3, -0.25) is 0 Å². The van der Waals surface area contributed by atoms with Gasteiger partial charge in [-0.15, -0.1) is 0 Å². The molecule has 0 fully saturated rings. The number of halogens is 4. The third-order valence-electron chi connectivity index (χ3n) is 4.43. The maximum Gasteiger partial charge on any atom is 0.416 e. The van der Waals surface area contributed by atoms with Crippen molar-refractivity contribution >= 4 is 12.0 Å². The number of methoxy groups -OCH3 is 1. The maximum atomic E-state index is 14.3. The van der Waals surface area contributed by atoms with Crippen molar-refractivity contribution in [1.29, 1.82) is 0 Å². The molecule has 0 saturated heterocycles. The molecular weight excluding hydrogens is 418 g/mol. The van der Waals surface area contributed by atoms with Crippen LogP contribution < -0.4 is 4.74 Å². The Hall–Kier alpha value is -3.62. The molecule has 0 N–H and O–H groups in total. The van der Waals surface area contributed by atoms with Gasteiger partial charge in [-0.1, -0.05) is 23.4 Å². The van der Waals surface area contributed by atoms with Gasteiger partial charge in [-0.2, -0.15) is 13.2 Å². The van der Waals surface area contributed by atoms with Crippen molar-refractivity contribution < 1.29 is 36.4 Å². The smallest absolute Gasteiger partial charge is 0.416 e. The van der Waals surface area contributed by atoms with Crippen LogP contribution in [-0.2, 0) is 22.3 Å². The summed E-state index contributed by atoms with van der Waals surface area (Å²) >= 11 is 0. The number of rotatable bonds is 6. The summed E-state index contributed by atoms with van der Waals surface area (Å²) in [7, 11) is 1.24. The van der Waals surface area contributed by atoms with Crippen molar-refractivity contribution in [2.75, 3.05) is 7.11 Å². The molecule has 31 heavy (non-hydrogen) atoms. The Bertz CT molecular complexity index is 1100. The van der Waals surface area contributed by atoms with Gasteiger partial charge in [-0.25, -0.2) is 9.18 Å². The molecular formula is C22H17F4NO4. The first-order chi connectivity index (χ1) is 14.7. The Labute approximate surface area is 174 Å². The zero-order chi connectivity index (χ0) is 22.6. The number of carbonyl (C=O) groups is 1. The molecule has 9 heteroatoms. The summed E-state index contributed by atoms with van der Waals surface area (Å²) in [6.45, 7) is 1.57. The summed E-state index contributed by atoms with van der Waals surface area (Å²) in [6.07, 6.45) is -1.86. The molecule has 3 rings (SSSR count). The molecule has 0 aliphatic rings. The highest BCUT2D eigenvalue weighted by Gasteiger charge is 2.30. The number of carbonyl (C=O) groups excluding carboxylic acids is 1. The van der Waals surface area contributed by atoms with Crippen molar-refractivity contribution in [3.05, 3.63) is 76.7 Å². The van der Waals surface area contributed by atoms with Crippen LogP contribution in [0, 0.1) is 12.7 Å². The van der Waals surface area contributed by atoms with E-state index >= 15 is 0 Å². The van der Waals surface area contributed by atoms with Crippen LogP contribution in [0.25, 0.3) is 17.4 Å². The van der Waals surface area contributed by atoms with E-state index in [1.165, 1.54) is 37.5 Å². The minimum Gasteiger partial charge on any atom is -0.484 e. The van der Waals surface area contributed by atoms with E-state index in [1.807, 2.05) is 0 Å². The van der Waals surface area contributed by atoms with Gasteiger partial charge in [0, 0.05) is 17.2 Å². The minimum absolute atomic E-state index is 0.0336. The average molecular weight is 435 g/mol. The van der Waals surface area contributed by atoms with Crippen molar-refractivity contribution in [2.45, 2.75) is 19.7 Å². The molecule has 0 aliphatic carbocycles. The summed E-state index contributed by atoms with van der Waals surface area (Å²) in [6, 6.07) is 8.65. The van der Waals surface area contributed by atoms with E-state index in [-0.39, 0.29) is 12.4 Å². The van der Waals surface area contributed by atoms with Crippen LogP contribution in [0.2, 0.25) is 0 Å². The first-order valence-electron chi connectivity index (χ1n) is 9.00. The standard InChI is InChI=1S/C22H17F4NO4/c1-13-18(27-31-21(13)15-5-7-16(8-6-15)22(24,25)26)12-30-19-9-3-14(11-17(19)23)4-10-20(28)29-2/h3-11H,12H2,1-2H3. The predicted molar refractivity (Wildman–Crippen MR) is 103 cm³/mol. The van der Waals surface area contributed by atoms with Gasteiger partial charge in [0.1, 0.15) is 12.3 Å². The third-order valence-corrected chi connectivity index (χ3v) is 4.43. The zero-order valence-corrected chi connectivity index (χ0v) is 16.5. The lowest BCUT2D eigenvalue weighted by Crippen LogP contribution is -2.04. The maximum absolute atomic E-state index is 14.3. The van der Waals surface area contributed by atoms with E-state index < -0.39 is 23.5 Å². The van der Waals surface area contributed by atoms with Crippen molar-refractivity contribution in [3.63, 3.8) is 0 Å². The van der Waals surface area contributed by atoms with Crippen LogP contribution in [0.4, 0.5) is 17.6 Å². The van der Waals surface area contributed by atoms with E-state index in [1.54, 1.807) is 13.0 Å². The Morgan fingerprint density at radius 1 is 1.16 bits per heavy atom. The SMILES string of the molecule is COC(=O)C=Cc1ccc(OCc2noc(-c3ccc(C(F)(F)F)cc3)c2C)c(F)c1. The molecule has 0 unspecified atom stereocenters. The Kier molecular flexibility index (Phi) is 6.43. The second kappa shape index (κ2) is 9.03. The van der Waals surface area contributed by atoms with Crippen LogP contribution >= 0.6 is 0 Å². The third kappa shape index (κ3) is 5.30. The lowest BCUT2D eigenvalue weighted by Gasteiger charge is -2.07. The molecule has 0 saturated carbocycles. The second-order valence-corrected chi connectivity index (χ2v) is 6.49. The first-order valence-corrected chi connectivity index (χ1v) is 9.00. The summed E-state index contributed by atoms with van der Waals surface area (Å²) < 4.78 is 67.6. The summed E-state index contributed by atoms with van der Waals surface area (Å²) in [4.78, 5) is 11.1. The molecule has 0 amide bonds. The van der Waals surface area contributed by atoms with Gasteiger partial charge in [0.05, 0.1) is 12.7 Å². The highest BCUT2D eigenvalue weighted by atomic mass is 19.4. The molecule has 2 aromatic carbocycles. The highest BCUT2D eigenvalue weighted by molar-refractivity contribution is 5.86. The molecule has 0 radical (unpaired) electrons. The van der Waals surface area contributed by atoms with E-state index in [2.05, 4.69) is 9.89 Å². The number of benzene rings is 2. The number of esters is 1.